The van der Waals surface area contributed by atoms with Crippen LogP contribution in [-0.2, 0) is 10.8 Å². The first-order valence-corrected chi connectivity index (χ1v) is 21.0. The monoisotopic (exact) mass is 748 g/mol. The van der Waals surface area contributed by atoms with Crippen LogP contribution in [0.1, 0.15) is 51.3 Å². The van der Waals surface area contributed by atoms with Gasteiger partial charge in [0, 0.05) is 53.8 Å². The van der Waals surface area contributed by atoms with Crippen molar-refractivity contribution in [2.75, 3.05) is 9.71 Å². The van der Waals surface area contributed by atoms with Crippen molar-refractivity contribution in [2.24, 2.45) is 0 Å². The van der Waals surface area contributed by atoms with Gasteiger partial charge < -0.3 is 9.71 Å². The second kappa shape index (κ2) is 11.5. The predicted octanol–water partition coefficient (Wildman–Crippen LogP) is 13.5. The molecule has 0 spiro atoms. The molecule has 0 radical (unpaired) electrons. The molecule has 0 aliphatic carbocycles. The summed E-state index contributed by atoms with van der Waals surface area (Å²) >= 11 is 1.90. The van der Waals surface area contributed by atoms with Crippen molar-refractivity contribution >= 4 is 88.5 Å². The van der Waals surface area contributed by atoms with E-state index >= 15 is 0 Å². The molecular formula is C53H41BN2S. The van der Waals surface area contributed by atoms with Gasteiger partial charge in [-0.25, -0.2) is 0 Å². The zero-order valence-corrected chi connectivity index (χ0v) is 33.7. The van der Waals surface area contributed by atoms with Gasteiger partial charge in [0.25, 0.3) is 0 Å². The minimum Gasteiger partial charge on any atom is -0.376 e. The number of thiophene rings is 1. The van der Waals surface area contributed by atoms with Gasteiger partial charge in [-0.05, 0) is 91.3 Å². The van der Waals surface area contributed by atoms with Crippen molar-refractivity contribution in [1.29, 1.82) is 0 Å². The number of hydrogen-bond acceptors (Lipinski definition) is 3. The third kappa shape index (κ3) is 4.42. The molecule has 0 bridgehead atoms. The lowest BCUT2D eigenvalue weighted by atomic mass is 9.42. The number of hydrogen-bond donors (Lipinski definition) is 0. The number of benzene rings is 8. The lowest BCUT2D eigenvalue weighted by molar-refractivity contribution is 0.590. The number of para-hydroxylation sites is 2. The van der Waals surface area contributed by atoms with Gasteiger partial charge >= 0.3 is 6.85 Å². The van der Waals surface area contributed by atoms with E-state index in [9.17, 15) is 0 Å². The van der Waals surface area contributed by atoms with Crippen LogP contribution in [0.5, 0.6) is 0 Å². The lowest BCUT2D eigenvalue weighted by Crippen LogP contribution is -2.63. The molecule has 1 aromatic heterocycles. The fourth-order valence-electron chi connectivity index (χ4n) is 10.5. The molecule has 12 rings (SSSR count). The van der Waals surface area contributed by atoms with Crippen molar-refractivity contribution in [1.82, 2.24) is 0 Å². The van der Waals surface area contributed by atoms with Gasteiger partial charge in [-0.3, -0.25) is 0 Å². The van der Waals surface area contributed by atoms with Crippen LogP contribution < -0.4 is 20.6 Å². The second-order valence-electron chi connectivity index (χ2n) is 17.7. The molecule has 4 heterocycles. The normalized spacial score (nSPS) is 14.8. The first-order valence-electron chi connectivity index (χ1n) is 20.2. The van der Waals surface area contributed by atoms with E-state index in [1.54, 1.807) is 0 Å². The highest BCUT2D eigenvalue weighted by molar-refractivity contribution is 7.26. The fraction of sp³-hybridized carbons (Fsp3) is 0.132. The topological polar surface area (TPSA) is 6.48 Å². The highest BCUT2D eigenvalue weighted by atomic mass is 32.1. The Labute approximate surface area is 338 Å². The molecule has 3 aliphatic rings. The van der Waals surface area contributed by atoms with E-state index in [1.807, 2.05) is 11.3 Å². The van der Waals surface area contributed by atoms with E-state index in [2.05, 4.69) is 202 Å². The second-order valence-corrected chi connectivity index (χ2v) is 18.8. The Kier molecular flexibility index (Phi) is 6.67. The zero-order valence-electron chi connectivity index (χ0n) is 32.9. The van der Waals surface area contributed by atoms with E-state index in [0.29, 0.717) is 0 Å². The number of fused-ring (bicyclic) bond motifs is 12. The minimum atomic E-state index is -0.167. The van der Waals surface area contributed by atoms with Crippen LogP contribution in [0.15, 0.2) is 158 Å². The molecule has 2 nitrogen and oxygen atoms in total. The summed E-state index contributed by atoms with van der Waals surface area (Å²) in [6.07, 6.45) is 0. The van der Waals surface area contributed by atoms with E-state index in [4.69, 9.17) is 0 Å². The highest BCUT2D eigenvalue weighted by Crippen LogP contribution is 2.58. The van der Waals surface area contributed by atoms with Crippen LogP contribution in [0.2, 0.25) is 0 Å². The third-order valence-electron chi connectivity index (χ3n) is 13.2. The molecule has 0 saturated carbocycles. The van der Waals surface area contributed by atoms with Gasteiger partial charge in [-0.15, -0.1) is 11.3 Å². The Morgan fingerprint density at radius 2 is 1.30 bits per heavy atom. The Morgan fingerprint density at radius 1 is 0.561 bits per heavy atom. The molecule has 0 atom stereocenters. The van der Waals surface area contributed by atoms with Gasteiger partial charge in [-0.1, -0.05) is 156 Å². The van der Waals surface area contributed by atoms with E-state index in [0.717, 1.165) is 0 Å². The average Bonchev–Trinajstić information content (AvgIpc) is 3.62. The number of anilines is 5. The van der Waals surface area contributed by atoms with Gasteiger partial charge in [0.2, 0.25) is 0 Å². The fourth-order valence-corrected chi connectivity index (χ4v) is 11.6. The summed E-state index contributed by atoms with van der Waals surface area (Å²) in [5, 5.41) is 5.21. The van der Waals surface area contributed by atoms with Crippen molar-refractivity contribution in [3.8, 4) is 22.3 Å². The van der Waals surface area contributed by atoms with Gasteiger partial charge in [0.1, 0.15) is 0 Å². The standard InChI is InChI=1S/C53H41BN2S/c1-52(2,3)34-26-28-42(38(31-34)32-16-7-6-8-17-32)55-44-30-33-18-9-10-19-35(33)47-37-21-15-23-40-50(37)56(43-24-13-12-22-39(43)53(40,4)5)54(49(44)47)41-27-29-46-48(51(41)55)36-20-11-14-25-45(36)57-46/h6-31H,1-5H3. The van der Waals surface area contributed by atoms with Crippen molar-refractivity contribution in [2.45, 2.75) is 45.4 Å². The molecule has 0 fully saturated rings. The van der Waals surface area contributed by atoms with Crippen molar-refractivity contribution < 1.29 is 0 Å². The van der Waals surface area contributed by atoms with E-state index in [-0.39, 0.29) is 17.7 Å². The first-order chi connectivity index (χ1) is 27.7. The smallest absolute Gasteiger partial charge is 0.333 e. The number of nitrogens with zero attached hydrogens (tertiary/aromatic N) is 2. The van der Waals surface area contributed by atoms with Crippen LogP contribution in [0.4, 0.5) is 28.4 Å². The summed E-state index contributed by atoms with van der Waals surface area (Å²) in [6.45, 7) is 11.7. The van der Waals surface area contributed by atoms with Crippen LogP contribution in [0.25, 0.3) is 53.2 Å². The predicted molar refractivity (Wildman–Crippen MR) is 247 cm³/mol. The highest BCUT2D eigenvalue weighted by Gasteiger charge is 2.51. The minimum absolute atomic E-state index is 0.0112. The summed E-state index contributed by atoms with van der Waals surface area (Å²) < 4.78 is 2.63. The van der Waals surface area contributed by atoms with E-state index in [1.165, 1.54) is 109 Å². The van der Waals surface area contributed by atoms with Gasteiger partial charge in [0.15, 0.2) is 0 Å². The SMILES string of the molecule is CC(C)(C)c1ccc(N2c3cc4ccccc4c4c3B(c3ccc5sc6ccccc6c5c32)N2c3ccccc3C(C)(C)c3cccc-4c32)c(-c2ccccc2)c1. The van der Waals surface area contributed by atoms with Crippen LogP contribution in [0, 0.1) is 0 Å². The molecule has 0 N–H and O–H groups in total. The molecule has 57 heavy (non-hydrogen) atoms. The molecule has 0 unspecified atom stereocenters. The molecule has 3 aliphatic heterocycles. The quantitative estimate of drug-likeness (QED) is 0.162. The molecule has 0 saturated heterocycles. The van der Waals surface area contributed by atoms with Crippen LogP contribution >= 0.6 is 11.3 Å². The van der Waals surface area contributed by atoms with E-state index < -0.39 is 0 Å². The maximum absolute atomic E-state index is 2.73. The third-order valence-corrected chi connectivity index (χ3v) is 14.3. The van der Waals surface area contributed by atoms with Crippen molar-refractivity contribution in [3.63, 3.8) is 0 Å². The largest absolute Gasteiger partial charge is 0.376 e. The Bertz CT molecular complexity index is 3170. The Morgan fingerprint density at radius 3 is 2.14 bits per heavy atom. The molecular weight excluding hydrogens is 707 g/mol. The molecule has 272 valence electrons. The van der Waals surface area contributed by atoms with Crippen LogP contribution in [0.3, 0.4) is 0 Å². The van der Waals surface area contributed by atoms with Crippen molar-refractivity contribution in [3.05, 3.63) is 174 Å². The first kappa shape index (κ1) is 33.1. The van der Waals surface area contributed by atoms with Crippen LogP contribution in [-0.4, -0.2) is 6.85 Å². The maximum atomic E-state index is 2.73. The molecule has 0 amide bonds. The molecule has 4 heteroatoms. The van der Waals surface area contributed by atoms with Gasteiger partial charge in [-0.2, -0.15) is 0 Å². The maximum Gasteiger partial charge on any atom is 0.333 e. The summed E-state index contributed by atoms with van der Waals surface area (Å²) in [7, 11) is 0. The lowest BCUT2D eigenvalue weighted by Gasteiger charge is -2.51. The summed E-state index contributed by atoms with van der Waals surface area (Å²) in [5.74, 6) is 0. The molecule has 8 aromatic carbocycles. The number of rotatable bonds is 2. The van der Waals surface area contributed by atoms with Gasteiger partial charge in [0.05, 0.1) is 11.4 Å². The summed E-state index contributed by atoms with van der Waals surface area (Å²) in [5.41, 5.74) is 18.1. The zero-order chi connectivity index (χ0) is 38.4. The summed E-state index contributed by atoms with van der Waals surface area (Å²) in [6, 6.07) is 60.0. The Hall–Kier alpha value is -6.10. The Balaban J connectivity index is 1.30. The molecule has 9 aromatic rings. The average molecular weight is 749 g/mol. The summed E-state index contributed by atoms with van der Waals surface area (Å²) in [4.78, 5) is 5.39.